The molecule has 4 rings (SSSR count). The number of nitrogen functional groups attached to an aromatic ring is 1. The summed E-state index contributed by atoms with van der Waals surface area (Å²) in [6.07, 6.45) is 0. The highest BCUT2D eigenvalue weighted by Crippen LogP contribution is 2.44. The molecule has 2 fully saturated rings. The molecule has 0 spiro atoms. The van der Waals surface area contributed by atoms with E-state index in [-0.39, 0.29) is 33.2 Å². The number of anilines is 1. The number of thioether (sulfide) groups is 2. The van der Waals surface area contributed by atoms with Gasteiger partial charge >= 0.3 is 17.1 Å². The van der Waals surface area contributed by atoms with E-state index in [0.717, 1.165) is 39.8 Å². The maximum absolute atomic E-state index is 13.0. The number of nitrogens with zero attached hydrogens (tertiary/aromatic N) is 5. The average Bonchev–Trinajstić information content (AvgIpc) is 3.27. The van der Waals surface area contributed by atoms with E-state index in [9.17, 15) is 34.2 Å². The number of nitrogens with two attached hydrogens (primary N) is 1. The van der Waals surface area contributed by atoms with Crippen LogP contribution in [0.15, 0.2) is 25.3 Å². The summed E-state index contributed by atoms with van der Waals surface area (Å²) in [5.74, 6) is -3.32. The van der Waals surface area contributed by atoms with Gasteiger partial charge in [0.15, 0.2) is 22.0 Å². The molecule has 2 aromatic heterocycles. The number of aromatic amines is 1. The van der Waals surface area contributed by atoms with Crippen molar-refractivity contribution in [3.63, 3.8) is 0 Å². The first-order valence-electron chi connectivity index (χ1n) is 10.3. The minimum Gasteiger partial charge on any atom is -0.480 e. The minimum absolute atomic E-state index is 0.0435. The largest absolute Gasteiger partial charge is 0.480 e. The van der Waals surface area contributed by atoms with Gasteiger partial charge in [0.1, 0.15) is 29.8 Å². The van der Waals surface area contributed by atoms with Gasteiger partial charge in [-0.15, -0.1) is 23.1 Å². The second kappa shape index (κ2) is 10.1. The summed E-state index contributed by atoms with van der Waals surface area (Å²) < 4.78 is 1.17. The number of carbonyl (C=O) groups is 3. The SMILES string of the molecule is CO/N=C(\C(=O)N[C@@H]1C(=O)N2C(C(=O)O)C(O)(CSc3nc(=O)c(=O)[nH]n3C)CS[C@H]12)c1csc(N)n1. The lowest BCUT2D eigenvalue weighted by Crippen LogP contribution is -2.79. The molecule has 2 aliphatic heterocycles. The normalized spacial score (nSPS) is 25.3. The van der Waals surface area contributed by atoms with Gasteiger partial charge in [-0.2, -0.15) is 4.98 Å². The lowest BCUT2D eigenvalue weighted by Gasteiger charge is -2.56. The number of carboxylic acid groups (broad SMARTS) is 1. The zero-order valence-corrected chi connectivity index (χ0v) is 21.6. The zero-order valence-electron chi connectivity index (χ0n) is 19.1. The molecule has 0 aliphatic carbocycles. The number of β-lactam (4-membered cyclic amide) rings is 1. The van der Waals surface area contributed by atoms with E-state index < -0.39 is 52.0 Å². The number of carbonyl (C=O) groups excluding carboxylic acids is 2. The van der Waals surface area contributed by atoms with Crippen LogP contribution in [0.1, 0.15) is 5.69 Å². The fourth-order valence-electron chi connectivity index (χ4n) is 3.79. The van der Waals surface area contributed by atoms with Crippen LogP contribution in [0.3, 0.4) is 0 Å². The number of H-pyrrole nitrogens is 1. The first kappa shape index (κ1) is 26.6. The number of aliphatic carboxylic acids is 1. The molecular formula is C18H20N8O8S3. The van der Waals surface area contributed by atoms with Gasteiger partial charge in [-0.25, -0.2) is 9.78 Å². The average molecular weight is 573 g/mol. The third-order valence-electron chi connectivity index (χ3n) is 5.45. The molecule has 0 radical (unpaired) electrons. The van der Waals surface area contributed by atoms with Gasteiger partial charge in [0.25, 0.3) is 5.91 Å². The number of aryl methyl sites for hydroxylation is 1. The first-order valence-corrected chi connectivity index (χ1v) is 13.2. The number of oxime groups is 1. The number of aliphatic hydroxyl groups is 1. The predicted molar refractivity (Wildman–Crippen MR) is 132 cm³/mol. The second-order valence-corrected chi connectivity index (χ2v) is 10.9. The Kier molecular flexibility index (Phi) is 7.31. The van der Waals surface area contributed by atoms with E-state index >= 15 is 0 Å². The first-order chi connectivity index (χ1) is 17.5. The summed E-state index contributed by atoms with van der Waals surface area (Å²) in [4.78, 5) is 74.3. The Hall–Kier alpha value is -3.42. The number of aromatic nitrogens is 4. The van der Waals surface area contributed by atoms with Crippen molar-refractivity contribution in [3.05, 3.63) is 31.8 Å². The van der Waals surface area contributed by atoms with Crippen molar-refractivity contribution in [2.75, 3.05) is 24.3 Å². The molecule has 16 nitrogen and oxygen atoms in total. The molecule has 0 bridgehead atoms. The molecule has 2 aromatic rings. The number of hydrogen-bond donors (Lipinski definition) is 5. The van der Waals surface area contributed by atoms with Crippen molar-refractivity contribution in [2.45, 2.75) is 28.2 Å². The van der Waals surface area contributed by atoms with Crippen molar-refractivity contribution in [1.82, 2.24) is 30.0 Å². The van der Waals surface area contributed by atoms with E-state index in [1.807, 2.05) is 0 Å². The Morgan fingerprint density at radius 3 is 2.76 bits per heavy atom. The van der Waals surface area contributed by atoms with Crippen molar-refractivity contribution in [3.8, 4) is 0 Å². The molecule has 0 aromatic carbocycles. The van der Waals surface area contributed by atoms with Crippen molar-refractivity contribution < 1.29 is 29.4 Å². The van der Waals surface area contributed by atoms with E-state index in [4.69, 9.17) is 10.6 Å². The van der Waals surface area contributed by atoms with Crippen LogP contribution < -0.4 is 22.2 Å². The smallest absolute Gasteiger partial charge is 0.339 e. The Bertz CT molecular complexity index is 1410. The number of amides is 2. The van der Waals surface area contributed by atoms with E-state index in [0.29, 0.717) is 0 Å². The quantitative estimate of drug-likeness (QED) is 0.0709. The van der Waals surface area contributed by atoms with Crippen LogP contribution in [-0.4, -0.2) is 100 Å². The highest BCUT2D eigenvalue weighted by Gasteiger charge is 2.62. The number of fused-ring (bicyclic) bond motifs is 1. The third kappa shape index (κ3) is 4.93. The summed E-state index contributed by atoms with van der Waals surface area (Å²) in [6, 6.07) is -2.73. The molecule has 2 unspecified atom stereocenters. The number of carboxylic acids is 1. The molecule has 4 heterocycles. The predicted octanol–water partition coefficient (Wildman–Crippen LogP) is -2.77. The fraction of sp³-hybridized carbons (Fsp3) is 0.444. The van der Waals surface area contributed by atoms with Crippen LogP contribution in [0.5, 0.6) is 0 Å². The molecular weight excluding hydrogens is 552 g/mol. The molecule has 0 saturated carbocycles. The minimum atomic E-state index is -1.92. The molecule has 198 valence electrons. The van der Waals surface area contributed by atoms with Gasteiger partial charge < -0.3 is 31.0 Å². The summed E-state index contributed by atoms with van der Waals surface area (Å²) in [6.45, 7) is 0. The number of thiazole rings is 1. The molecule has 2 amide bonds. The maximum Gasteiger partial charge on any atom is 0.339 e. The van der Waals surface area contributed by atoms with Gasteiger partial charge in [0.05, 0.1) is 0 Å². The van der Waals surface area contributed by atoms with Gasteiger partial charge in [0, 0.05) is 23.9 Å². The lowest BCUT2D eigenvalue weighted by atomic mass is 9.91. The van der Waals surface area contributed by atoms with Crippen LogP contribution in [0.4, 0.5) is 5.13 Å². The fourth-order valence-corrected chi connectivity index (χ4v) is 6.97. The summed E-state index contributed by atoms with van der Waals surface area (Å²) in [5.41, 5.74) is 1.65. The van der Waals surface area contributed by atoms with Crippen LogP contribution in [0.2, 0.25) is 0 Å². The van der Waals surface area contributed by atoms with Crippen LogP contribution >= 0.6 is 34.9 Å². The van der Waals surface area contributed by atoms with E-state index in [1.165, 1.54) is 24.2 Å². The Labute approximate surface area is 219 Å². The summed E-state index contributed by atoms with van der Waals surface area (Å²) in [5, 5.41) is 30.5. The molecule has 19 heteroatoms. The molecule has 2 saturated heterocycles. The zero-order chi connectivity index (χ0) is 27.1. The van der Waals surface area contributed by atoms with E-state index in [1.54, 1.807) is 0 Å². The highest BCUT2D eigenvalue weighted by atomic mass is 32.2. The van der Waals surface area contributed by atoms with Crippen LogP contribution in [0.25, 0.3) is 0 Å². The molecule has 37 heavy (non-hydrogen) atoms. The second-order valence-electron chi connectivity index (χ2n) is 7.92. The maximum atomic E-state index is 13.0. The third-order valence-corrected chi connectivity index (χ3v) is 8.90. The van der Waals surface area contributed by atoms with Crippen LogP contribution in [0, 0.1) is 0 Å². The van der Waals surface area contributed by atoms with Gasteiger partial charge in [0.2, 0.25) is 5.91 Å². The molecule has 2 aliphatic rings. The summed E-state index contributed by atoms with van der Waals surface area (Å²) >= 11 is 3.00. The Morgan fingerprint density at radius 2 is 2.14 bits per heavy atom. The van der Waals surface area contributed by atoms with Crippen molar-refractivity contribution in [2.24, 2.45) is 12.2 Å². The van der Waals surface area contributed by atoms with Gasteiger partial charge in [-0.3, -0.25) is 29.0 Å². The standard InChI is InChI=1S/C18H20N8O8S3/c1-25-17(22-11(28)12(29)23-25)37-5-18(33)4-36-14-8(13(30)26(14)9(18)15(31)32)21-10(27)7(24-34-2)6-3-35-16(19)20-6/h3,8-9,14,33H,4-5H2,1-2H3,(H2,19,20)(H,21,27)(H,23,29)(H,31,32)/b24-7-/t8-,9?,14-,18?/m1/s1. The summed E-state index contributed by atoms with van der Waals surface area (Å²) in [7, 11) is 2.65. The van der Waals surface area contributed by atoms with Crippen molar-refractivity contribution in [1.29, 1.82) is 0 Å². The van der Waals surface area contributed by atoms with Crippen LogP contribution in [-0.2, 0) is 26.3 Å². The topological polar surface area (TPSA) is 235 Å². The molecule has 6 N–H and O–H groups in total. The number of nitrogens with one attached hydrogen (secondary N) is 2. The Morgan fingerprint density at radius 1 is 1.41 bits per heavy atom. The monoisotopic (exact) mass is 572 g/mol. The number of hydrogen-bond acceptors (Lipinski definition) is 14. The highest BCUT2D eigenvalue weighted by molar-refractivity contribution is 8.00. The van der Waals surface area contributed by atoms with Gasteiger partial charge in [-0.05, 0) is 0 Å². The molecule has 4 atom stereocenters. The van der Waals surface area contributed by atoms with Crippen molar-refractivity contribution >= 4 is 63.5 Å². The number of rotatable bonds is 8. The van der Waals surface area contributed by atoms with Gasteiger partial charge in [-0.1, -0.05) is 16.9 Å². The van der Waals surface area contributed by atoms with E-state index in [2.05, 4.69) is 25.5 Å². The lowest BCUT2D eigenvalue weighted by molar-refractivity contribution is -0.173. The Balaban J connectivity index is 1.50.